The molecule has 0 bridgehead atoms. The molecule has 0 aliphatic heterocycles. The maximum atomic E-state index is 12.8. The van der Waals surface area contributed by atoms with Crippen LogP contribution in [0.2, 0.25) is 0 Å². The molecule has 0 aliphatic rings. The van der Waals surface area contributed by atoms with Crippen molar-refractivity contribution in [2.45, 2.75) is 20.4 Å². The molecule has 1 aromatic carbocycles. The van der Waals surface area contributed by atoms with Crippen molar-refractivity contribution in [1.82, 2.24) is 9.55 Å². The van der Waals surface area contributed by atoms with Gasteiger partial charge in [0.15, 0.2) is 0 Å². The maximum Gasteiger partial charge on any atom is 0.256 e. The average Bonchev–Trinajstić information content (AvgIpc) is 2.34. The van der Waals surface area contributed by atoms with Gasteiger partial charge in [0.2, 0.25) is 0 Å². The Morgan fingerprint density at radius 3 is 2.53 bits per heavy atom. The lowest BCUT2D eigenvalue weighted by Crippen LogP contribution is -2.24. The van der Waals surface area contributed by atoms with Gasteiger partial charge in [0.1, 0.15) is 11.6 Å². The van der Waals surface area contributed by atoms with Gasteiger partial charge in [-0.05, 0) is 38.1 Å². The van der Waals surface area contributed by atoms with Crippen LogP contribution in [-0.4, -0.2) is 9.55 Å². The first-order valence-corrected chi connectivity index (χ1v) is 5.46. The fourth-order valence-corrected chi connectivity index (χ4v) is 1.71. The third kappa shape index (κ3) is 2.11. The summed E-state index contributed by atoms with van der Waals surface area (Å²) < 4.78 is 14.4. The van der Waals surface area contributed by atoms with Gasteiger partial charge >= 0.3 is 0 Å². The predicted molar refractivity (Wildman–Crippen MR) is 64.3 cm³/mol. The van der Waals surface area contributed by atoms with Gasteiger partial charge in [0.05, 0.1) is 0 Å². The quantitative estimate of drug-likeness (QED) is 0.796. The highest BCUT2D eigenvalue weighted by atomic mass is 19.1. The standard InChI is InChI=1S/C13H13FN2O/c1-3-16-12(15-8-9(2)13(16)17)10-4-6-11(14)7-5-10/h4-8H,3H2,1-2H3. The van der Waals surface area contributed by atoms with Gasteiger partial charge < -0.3 is 0 Å². The topological polar surface area (TPSA) is 34.9 Å². The molecule has 2 aromatic rings. The van der Waals surface area contributed by atoms with Crippen molar-refractivity contribution in [2.24, 2.45) is 0 Å². The number of hydrogen-bond donors (Lipinski definition) is 0. The van der Waals surface area contributed by atoms with E-state index in [9.17, 15) is 9.18 Å². The Balaban J connectivity index is 2.63. The Morgan fingerprint density at radius 1 is 1.29 bits per heavy atom. The minimum Gasteiger partial charge on any atom is -0.293 e. The fourth-order valence-electron chi connectivity index (χ4n) is 1.71. The molecule has 0 amide bonds. The van der Waals surface area contributed by atoms with E-state index in [-0.39, 0.29) is 11.4 Å². The van der Waals surface area contributed by atoms with E-state index in [1.54, 1.807) is 29.8 Å². The average molecular weight is 232 g/mol. The predicted octanol–water partition coefficient (Wildman–Crippen LogP) is 2.38. The third-order valence-electron chi connectivity index (χ3n) is 2.64. The largest absolute Gasteiger partial charge is 0.293 e. The minimum absolute atomic E-state index is 0.0539. The monoisotopic (exact) mass is 232 g/mol. The Bertz CT molecular complexity index is 587. The van der Waals surface area contributed by atoms with Crippen molar-refractivity contribution in [2.75, 3.05) is 0 Å². The van der Waals surface area contributed by atoms with E-state index < -0.39 is 0 Å². The van der Waals surface area contributed by atoms with Crippen molar-refractivity contribution in [3.05, 3.63) is 52.2 Å². The second kappa shape index (κ2) is 4.49. The van der Waals surface area contributed by atoms with Crippen LogP contribution < -0.4 is 5.56 Å². The first-order chi connectivity index (χ1) is 8.13. The summed E-state index contributed by atoms with van der Waals surface area (Å²) in [7, 11) is 0. The molecule has 0 N–H and O–H groups in total. The smallest absolute Gasteiger partial charge is 0.256 e. The van der Waals surface area contributed by atoms with Crippen molar-refractivity contribution in [1.29, 1.82) is 0 Å². The number of aryl methyl sites for hydroxylation is 1. The second-order valence-corrected chi connectivity index (χ2v) is 3.82. The molecule has 0 spiro atoms. The molecule has 1 heterocycles. The highest BCUT2D eigenvalue weighted by molar-refractivity contribution is 5.55. The zero-order chi connectivity index (χ0) is 12.4. The van der Waals surface area contributed by atoms with Crippen LogP contribution in [0.15, 0.2) is 35.3 Å². The normalized spacial score (nSPS) is 10.5. The zero-order valence-corrected chi connectivity index (χ0v) is 9.77. The molecule has 4 heteroatoms. The van der Waals surface area contributed by atoms with Crippen molar-refractivity contribution in [3.63, 3.8) is 0 Å². The van der Waals surface area contributed by atoms with Gasteiger partial charge in [-0.25, -0.2) is 9.37 Å². The van der Waals surface area contributed by atoms with Gasteiger partial charge in [0.25, 0.3) is 5.56 Å². The SMILES string of the molecule is CCn1c(-c2ccc(F)cc2)ncc(C)c1=O. The number of hydrogen-bond acceptors (Lipinski definition) is 2. The number of benzene rings is 1. The molecule has 0 atom stereocenters. The van der Waals surface area contributed by atoms with E-state index in [2.05, 4.69) is 4.98 Å². The molecule has 88 valence electrons. The molecule has 0 fully saturated rings. The summed E-state index contributed by atoms with van der Waals surface area (Å²) in [4.78, 5) is 16.2. The highest BCUT2D eigenvalue weighted by Crippen LogP contribution is 2.16. The lowest BCUT2D eigenvalue weighted by Gasteiger charge is -2.10. The Kier molecular flexibility index (Phi) is 3.04. The van der Waals surface area contributed by atoms with Crippen LogP contribution >= 0.6 is 0 Å². The molecule has 0 aliphatic carbocycles. The van der Waals surface area contributed by atoms with Crippen LogP contribution in [0.25, 0.3) is 11.4 Å². The fraction of sp³-hybridized carbons (Fsp3) is 0.231. The van der Waals surface area contributed by atoms with Crippen molar-refractivity contribution >= 4 is 0 Å². The van der Waals surface area contributed by atoms with Gasteiger partial charge in [-0.3, -0.25) is 9.36 Å². The summed E-state index contributed by atoms with van der Waals surface area (Å²) in [5, 5.41) is 0. The van der Waals surface area contributed by atoms with E-state index in [1.807, 2.05) is 6.92 Å². The van der Waals surface area contributed by atoms with Crippen LogP contribution in [0.5, 0.6) is 0 Å². The zero-order valence-electron chi connectivity index (χ0n) is 9.77. The van der Waals surface area contributed by atoms with Crippen LogP contribution in [0.1, 0.15) is 12.5 Å². The molecular weight excluding hydrogens is 219 g/mol. The van der Waals surface area contributed by atoms with E-state index in [0.29, 0.717) is 17.9 Å². The molecule has 0 saturated carbocycles. The van der Waals surface area contributed by atoms with Gasteiger partial charge in [0, 0.05) is 23.9 Å². The van der Waals surface area contributed by atoms with Gasteiger partial charge in [-0.2, -0.15) is 0 Å². The Morgan fingerprint density at radius 2 is 1.94 bits per heavy atom. The molecule has 3 nitrogen and oxygen atoms in total. The molecule has 2 rings (SSSR count). The van der Waals surface area contributed by atoms with Crippen molar-refractivity contribution in [3.8, 4) is 11.4 Å². The summed E-state index contributed by atoms with van der Waals surface area (Å²) in [6.45, 7) is 4.16. The highest BCUT2D eigenvalue weighted by Gasteiger charge is 2.08. The first kappa shape index (κ1) is 11.5. The van der Waals surface area contributed by atoms with E-state index >= 15 is 0 Å². The Labute approximate surface area is 98.6 Å². The van der Waals surface area contributed by atoms with E-state index in [1.165, 1.54) is 12.1 Å². The van der Waals surface area contributed by atoms with E-state index in [0.717, 1.165) is 5.56 Å². The number of rotatable bonds is 2. The third-order valence-corrected chi connectivity index (χ3v) is 2.64. The van der Waals surface area contributed by atoms with Crippen LogP contribution in [0.4, 0.5) is 4.39 Å². The Hall–Kier alpha value is -1.97. The number of nitrogens with zero attached hydrogens (tertiary/aromatic N) is 2. The van der Waals surface area contributed by atoms with Crippen molar-refractivity contribution < 1.29 is 4.39 Å². The molecule has 0 unspecified atom stereocenters. The summed E-state index contributed by atoms with van der Waals surface area (Å²) in [6.07, 6.45) is 1.55. The molecule has 0 saturated heterocycles. The van der Waals surface area contributed by atoms with Crippen LogP contribution in [0, 0.1) is 12.7 Å². The number of halogens is 1. The summed E-state index contributed by atoms with van der Waals surface area (Å²) in [5.41, 5.74) is 1.30. The van der Waals surface area contributed by atoms with E-state index in [4.69, 9.17) is 0 Å². The molecule has 17 heavy (non-hydrogen) atoms. The van der Waals surface area contributed by atoms with Crippen LogP contribution in [-0.2, 0) is 6.54 Å². The molecular formula is C13H13FN2O. The summed E-state index contributed by atoms with van der Waals surface area (Å²) in [6, 6.07) is 5.97. The molecule has 1 aromatic heterocycles. The summed E-state index contributed by atoms with van der Waals surface area (Å²) >= 11 is 0. The second-order valence-electron chi connectivity index (χ2n) is 3.82. The minimum atomic E-state index is -0.300. The molecule has 0 radical (unpaired) electrons. The maximum absolute atomic E-state index is 12.8. The van der Waals surface area contributed by atoms with Gasteiger partial charge in [-0.15, -0.1) is 0 Å². The van der Waals surface area contributed by atoms with Gasteiger partial charge in [-0.1, -0.05) is 0 Å². The summed E-state index contributed by atoms with van der Waals surface area (Å²) in [5.74, 6) is 0.273. The lowest BCUT2D eigenvalue weighted by molar-refractivity contribution is 0.627. The van der Waals surface area contributed by atoms with Crippen LogP contribution in [0.3, 0.4) is 0 Å². The lowest BCUT2D eigenvalue weighted by atomic mass is 10.2. The number of aromatic nitrogens is 2. The first-order valence-electron chi connectivity index (χ1n) is 5.46.